The van der Waals surface area contributed by atoms with Gasteiger partial charge in [-0.05, 0) is 72.6 Å². The molecule has 0 fully saturated rings. The molecule has 45 heavy (non-hydrogen) atoms. The molecule has 0 bridgehead atoms. The molecule has 1 atom stereocenters. The van der Waals surface area contributed by atoms with Gasteiger partial charge in [0.25, 0.3) is 10.0 Å². The maximum absolute atomic E-state index is 14.4. The van der Waals surface area contributed by atoms with Crippen LogP contribution in [0.1, 0.15) is 18.1 Å². The number of carbonyl (C=O) groups excluding carboxylic acids is 2. The summed E-state index contributed by atoms with van der Waals surface area (Å²) in [6.07, 6.45) is 0.173. The third-order valence-electron chi connectivity index (χ3n) is 7.00. The summed E-state index contributed by atoms with van der Waals surface area (Å²) in [4.78, 5) is 29.3. The van der Waals surface area contributed by atoms with E-state index in [2.05, 4.69) is 5.32 Å². The van der Waals surface area contributed by atoms with E-state index >= 15 is 0 Å². The van der Waals surface area contributed by atoms with Gasteiger partial charge >= 0.3 is 0 Å². The van der Waals surface area contributed by atoms with Gasteiger partial charge in [0, 0.05) is 34.6 Å². The monoisotopic (exact) mass is 687 g/mol. The fourth-order valence-corrected chi connectivity index (χ4v) is 6.77. The number of rotatable bonds is 13. The van der Waals surface area contributed by atoms with Crippen LogP contribution in [-0.2, 0) is 32.6 Å². The van der Waals surface area contributed by atoms with Gasteiger partial charge in [-0.15, -0.1) is 0 Å². The minimum absolute atomic E-state index is 0.0621. The van der Waals surface area contributed by atoms with Gasteiger partial charge < -0.3 is 15.0 Å². The molecule has 1 N–H and O–H groups in total. The predicted molar refractivity (Wildman–Crippen MR) is 179 cm³/mol. The number of benzene rings is 4. The highest BCUT2D eigenvalue weighted by atomic mass is 35.5. The molecule has 0 aliphatic heterocycles. The Morgan fingerprint density at radius 1 is 0.867 bits per heavy atom. The highest BCUT2D eigenvalue weighted by Crippen LogP contribution is 2.29. The van der Waals surface area contributed by atoms with Gasteiger partial charge in [-0.2, -0.15) is 0 Å². The molecule has 0 heterocycles. The van der Waals surface area contributed by atoms with Crippen molar-refractivity contribution in [3.8, 4) is 5.75 Å². The Hall–Kier alpha value is -3.76. The van der Waals surface area contributed by atoms with Crippen LogP contribution in [0.2, 0.25) is 15.1 Å². The summed E-state index contributed by atoms with van der Waals surface area (Å²) in [7, 11) is -2.82. The number of halogens is 3. The van der Waals surface area contributed by atoms with Crippen LogP contribution >= 0.6 is 34.8 Å². The molecule has 4 aromatic rings. The number of anilines is 1. The first-order chi connectivity index (χ1) is 21.5. The van der Waals surface area contributed by atoms with E-state index in [0.717, 1.165) is 9.87 Å². The first-order valence-corrected chi connectivity index (χ1v) is 16.6. The molecule has 4 rings (SSSR count). The van der Waals surface area contributed by atoms with E-state index in [0.29, 0.717) is 27.9 Å². The molecule has 12 heteroatoms. The molecule has 0 radical (unpaired) electrons. The number of likely N-dealkylation sites (N-methyl/N-ethyl adjacent to an activating group) is 1. The number of amides is 2. The van der Waals surface area contributed by atoms with Gasteiger partial charge in [-0.3, -0.25) is 13.9 Å². The number of ether oxygens (including phenoxy) is 1. The zero-order valence-electron chi connectivity index (χ0n) is 24.6. The number of nitrogens with zero attached hydrogens (tertiary/aromatic N) is 2. The SMILES string of the molecule is CCNC(=O)C(Cc1ccccc1)N(Cc1ccc(Cl)cc1Cl)C(=O)CN(c1cccc(Cl)c1)S(=O)(=O)c1ccc(OC)cc1. The lowest BCUT2D eigenvalue weighted by atomic mass is 10.0. The van der Waals surface area contributed by atoms with Gasteiger partial charge in [-0.1, -0.05) is 77.3 Å². The van der Waals surface area contributed by atoms with Crippen LogP contribution in [0.25, 0.3) is 0 Å². The summed E-state index contributed by atoms with van der Waals surface area (Å²) >= 11 is 18.9. The fourth-order valence-electron chi connectivity index (χ4n) is 4.71. The van der Waals surface area contributed by atoms with Crippen molar-refractivity contribution in [3.05, 3.63) is 123 Å². The van der Waals surface area contributed by atoms with Gasteiger partial charge in [0.15, 0.2) is 0 Å². The largest absolute Gasteiger partial charge is 0.497 e. The van der Waals surface area contributed by atoms with E-state index in [9.17, 15) is 18.0 Å². The Morgan fingerprint density at radius 2 is 1.56 bits per heavy atom. The number of methoxy groups -OCH3 is 1. The molecule has 0 saturated heterocycles. The first kappa shape index (κ1) is 34.1. The van der Waals surface area contributed by atoms with E-state index in [1.165, 1.54) is 42.3 Å². The lowest BCUT2D eigenvalue weighted by Gasteiger charge is -2.34. The Morgan fingerprint density at radius 3 is 2.18 bits per heavy atom. The summed E-state index contributed by atoms with van der Waals surface area (Å²) in [5.74, 6) is -0.562. The molecule has 4 aromatic carbocycles. The summed E-state index contributed by atoms with van der Waals surface area (Å²) in [6.45, 7) is 1.39. The lowest BCUT2D eigenvalue weighted by molar-refractivity contribution is -0.140. The van der Waals surface area contributed by atoms with Crippen molar-refractivity contribution < 1.29 is 22.7 Å². The molecule has 0 saturated carbocycles. The lowest BCUT2D eigenvalue weighted by Crippen LogP contribution is -2.53. The molecular weight excluding hydrogens is 657 g/mol. The van der Waals surface area contributed by atoms with Crippen LogP contribution < -0.4 is 14.4 Å². The molecular formula is C33H32Cl3N3O5S. The highest BCUT2D eigenvalue weighted by molar-refractivity contribution is 7.92. The maximum atomic E-state index is 14.4. The molecule has 0 aliphatic carbocycles. The van der Waals surface area contributed by atoms with Crippen molar-refractivity contribution in [3.63, 3.8) is 0 Å². The summed E-state index contributed by atoms with van der Waals surface area (Å²) in [5, 5.41) is 3.81. The van der Waals surface area contributed by atoms with Crippen LogP contribution in [-0.4, -0.2) is 51.4 Å². The second-order valence-electron chi connectivity index (χ2n) is 10.0. The number of carbonyl (C=O) groups is 2. The second kappa shape index (κ2) is 15.5. The molecule has 0 spiro atoms. The van der Waals surface area contributed by atoms with Crippen molar-refractivity contribution in [2.45, 2.75) is 30.8 Å². The van der Waals surface area contributed by atoms with Crippen LogP contribution in [0.15, 0.2) is 102 Å². The van der Waals surface area contributed by atoms with E-state index in [4.69, 9.17) is 39.5 Å². The Labute approximate surface area is 278 Å². The van der Waals surface area contributed by atoms with Crippen LogP contribution in [0, 0.1) is 0 Å². The molecule has 2 amide bonds. The number of hydrogen-bond donors (Lipinski definition) is 1. The van der Waals surface area contributed by atoms with E-state index < -0.39 is 34.4 Å². The molecule has 0 aromatic heterocycles. The highest BCUT2D eigenvalue weighted by Gasteiger charge is 2.35. The first-order valence-electron chi connectivity index (χ1n) is 14.0. The van der Waals surface area contributed by atoms with Gasteiger partial charge in [0.2, 0.25) is 11.8 Å². The summed E-state index contributed by atoms with van der Waals surface area (Å²) in [6, 6.07) is 25.1. The number of hydrogen-bond acceptors (Lipinski definition) is 5. The van der Waals surface area contributed by atoms with Gasteiger partial charge in [0.1, 0.15) is 18.3 Å². The minimum Gasteiger partial charge on any atom is -0.497 e. The predicted octanol–water partition coefficient (Wildman–Crippen LogP) is 6.63. The third kappa shape index (κ3) is 8.70. The number of sulfonamides is 1. The standard InChI is InChI=1S/C33H32Cl3N3O5S/c1-3-37-33(41)31(18-23-8-5-4-6-9-23)38(21-24-12-13-26(35)20-30(24)36)32(40)22-39(27-11-7-10-25(34)19-27)45(42,43)29-16-14-28(44-2)15-17-29/h4-17,19-20,31H,3,18,21-22H2,1-2H3,(H,37,41). The Bertz CT molecular complexity index is 1740. The van der Waals surface area contributed by atoms with Crippen LogP contribution in [0.5, 0.6) is 5.75 Å². The normalized spacial score (nSPS) is 11.8. The average molecular weight is 689 g/mol. The molecule has 236 valence electrons. The minimum atomic E-state index is -4.30. The zero-order valence-corrected chi connectivity index (χ0v) is 27.7. The molecule has 0 aliphatic rings. The van der Waals surface area contributed by atoms with Crippen LogP contribution in [0.3, 0.4) is 0 Å². The van der Waals surface area contributed by atoms with E-state index in [1.807, 2.05) is 30.3 Å². The van der Waals surface area contributed by atoms with Crippen molar-refractivity contribution in [2.75, 3.05) is 24.5 Å². The van der Waals surface area contributed by atoms with Crippen molar-refractivity contribution in [2.24, 2.45) is 0 Å². The van der Waals surface area contributed by atoms with Gasteiger partial charge in [0.05, 0.1) is 17.7 Å². The quantitative estimate of drug-likeness (QED) is 0.170. The van der Waals surface area contributed by atoms with Gasteiger partial charge in [-0.25, -0.2) is 8.42 Å². The van der Waals surface area contributed by atoms with E-state index in [1.54, 1.807) is 43.3 Å². The Kier molecular flexibility index (Phi) is 11.7. The number of nitrogens with one attached hydrogen (secondary N) is 1. The van der Waals surface area contributed by atoms with Crippen molar-refractivity contribution >= 4 is 62.3 Å². The fraction of sp³-hybridized carbons (Fsp3) is 0.212. The smallest absolute Gasteiger partial charge is 0.264 e. The molecule has 1 unspecified atom stereocenters. The van der Waals surface area contributed by atoms with Crippen molar-refractivity contribution in [1.29, 1.82) is 0 Å². The maximum Gasteiger partial charge on any atom is 0.264 e. The summed E-state index contributed by atoms with van der Waals surface area (Å²) < 4.78 is 34.4. The second-order valence-corrected chi connectivity index (χ2v) is 13.2. The third-order valence-corrected chi connectivity index (χ3v) is 9.61. The topological polar surface area (TPSA) is 96.0 Å². The Balaban J connectivity index is 1.81. The molecule has 8 nitrogen and oxygen atoms in total. The van der Waals surface area contributed by atoms with E-state index in [-0.39, 0.29) is 28.6 Å². The summed E-state index contributed by atoms with van der Waals surface area (Å²) in [5.41, 5.74) is 1.52. The van der Waals surface area contributed by atoms with Crippen molar-refractivity contribution in [1.82, 2.24) is 10.2 Å². The van der Waals surface area contributed by atoms with Crippen LogP contribution in [0.4, 0.5) is 5.69 Å². The average Bonchev–Trinajstić information content (AvgIpc) is 3.03. The zero-order chi connectivity index (χ0) is 32.6.